The lowest BCUT2D eigenvalue weighted by Gasteiger charge is -2.38. The molecule has 2 aliphatic rings. The number of cyclic esters (lactones) is 1. The van der Waals surface area contributed by atoms with E-state index in [0.29, 0.717) is 26.7 Å². The summed E-state index contributed by atoms with van der Waals surface area (Å²) in [5.74, 6) is 1.43. The van der Waals surface area contributed by atoms with E-state index in [0.717, 1.165) is 6.42 Å². The number of esters is 1. The maximum absolute atomic E-state index is 11.5. The van der Waals surface area contributed by atoms with E-state index in [9.17, 15) is 4.79 Å². The van der Waals surface area contributed by atoms with Gasteiger partial charge in [0.2, 0.25) is 6.29 Å². The Morgan fingerprint density at radius 2 is 2.00 bits per heavy atom. The SMILES string of the molecule is CC1CCC(C(C)C)C(OC2OC(=O)C(Br)=C2Br)C1. The van der Waals surface area contributed by atoms with Crippen LogP contribution in [0.2, 0.25) is 0 Å². The van der Waals surface area contributed by atoms with Crippen LogP contribution >= 0.6 is 31.9 Å². The second kappa shape index (κ2) is 6.27. The number of hydrogen-bond donors (Lipinski definition) is 0. The van der Waals surface area contributed by atoms with E-state index < -0.39 is 6.29 Å². The van der Waals surface area contributed by atoms with Gasteiger partial charge >= 0.3 is 5.97 Å². The maximum atomic E-state index is 11.5. The zero-order valence-electron chi connectivity index (χ0n) is 11.5. The van der Waals surface area contributed by atoms with Crippen molar-refractivity contribution in [3.8, 4) is 0 Å². The first kappa shape index (κ1) is 15.5. The van der Waals surface area contributed by atoms with Gasteiger partial charge in [-0.3, -0.25) is 0 Å². The highest BCUT2D eigenvalue weighted by Gasteiger charge is 2.38. The topological polar surface area (TPSA) is 35.5 Å². The van der Waals surface area contributed by atoms with Crippen LogP contribution in [0.15, 0.2) is 8.96 Å². The van der Waals surface area contributed by atoms with Crippen molar-refractivity contribution in [2.24, 2.45) is 17.8 Å². The highest BCUT2D eigenvalue weighted by molar-refractivity contribution is 9.14. The molecule has 108 valence electrons. The third-order valence-electron chi connectivity index (χ3n) is 4.07. The van der Waals surface area contributed by atoms with Crippen LogP contribution < -0.4 is 0 Å². The Morgan fingerprint density at radius 1 is 1.32 bits per heavy atom. The maximum Gasteiger partial charge on any atom is 0.348 e. The van der Waals surface area contributed by atoms with Crippen LogP contribution in [0, 0.1) is 17.8 Å². The molecule has 2 rings (SSSR count). The van der Waals surface area contributed by atoms with Crippen LogP contribution in [-0.4, -0.2) is 18.4 Å². The van der Waals surface area contributed by atoms with Crippen molar-refractivity contribution in [2.75, 3.05) is 0 Å². The van der Waals surface area contributed by atoms with E-state index in [1.807, 2.05) is 0 Å². The van der Waals surface area contributed by atoms with Crippen molar-refractivity contribution in [1.82, 2.24) is 0 Å². The summed E-state index contributed by atoms with van der Waals surface area (Å²) in [6.45, 7) is 6.73. The average molecular weight is 396 g/mol. The number of halogens is 2. The molecule has 3 nitrogen and oxygen atoms in total. The van der Waals surface area contributed by atoms with Crippen molar-refractivity contribution < 1.29 is 14.3 Å². The summed E-state index contributed by atoms with van der Waals surface area (Å²) in [5, 5.41) is 0. The van der Waals surface area contributed by atoms with Crippen molar-refractivity contribution in [3.05, 3.63) is 8.96 Å². The number of carbonyl (C=O) groups is 1. The monoisotopic (exact) mass is 394 g/mol. The summed E-state index contributed by atoms with van der Waals surface area (Å²) >= 11 is 6.58. The Balaban J connectivity index is 2.06. The third-order valence-corrected chi connectivity index (χ3v) is 6.12. The molecule has 0 amide bonds. The van der Waals surface area contributed by atoms with Gasteiger partial charge in [0, 0.05) is 0 Å². The van der Waals surface area contributed by atoms with Crippen molar-refractivity contribution in [2.45, 2.75) is 52.4 Å². The Bertz CT molecular complexity index is 392. The van der Waals surface area contributed by atoms with E-state index in [1.165, 1.54) is 12.8 Å². The van der Waals surface area contributed by atoms with Crippen LogP contribution in [0.3, 0.4) is 0 Å². The highest BCUT2D eigenvalue weighted by Crippen LogP contribution is 2.39. The molecule has 4 unspecified atom stereocenters. The summed E-state index contributed by atoms with van der Waals surface area (Å²) < 4.78 is 12.4. The van der Waals surface area contributed by atoms with E-state index in [2.05, 4.69) is 52.6 Å². The quantitative estimate of drug-likeness (QED) is 0.666. The second-order valence-corrected chi connectivity index (χ2v) is 7.55. The summed E-state index contributed by atoms with van der Waals surface area (Å²) in [5.41, 5.74) is 0. The Labute approximate surface area is 131 Å². The molecule has 1 fully saturated rings. The van der Waals surface area contributed by atoms with Gasteiger partial charge in [0.05, 0.1) is 10.6 Å². The van der Waals surface area contributed by atoms with Crippen molar-refractivity contribution in [3.63, 3.8) is 0 Å². The van der Waals surface area contributed by atoms with Gasteiger partial charge in [-0.25, -0.2) is 4.79 Å². The third kappa shape index (κ3) is 3.42. The molecule has 1 aliphatic carbocycles. The van der Waals surface area contributed by atoms with Crippen LogP contribution in [0.25, 0.3) is 0 Å². The van der Waals surface area contributed by atoms with Crippen molar-refractivity contribution in [1.29, 1.82) is 0 Å². The summed E-state index contributed by atoms with van der Waals surface area (Å²) in [6.07, 6.45) is 3.06. The molecule has 0 aromatic carbocycles. The van der Waals surface area contributed by atoms with Gasteiger partial charge in [0.15, 0.2) is 0 Å². The molecule has 0 saturated heterocycles. The van der Waals surface area contributed by atoms with Gasteiger partial charge in [0.25, 0.3) is 0 Å². The van der Waals surface area contributed by atoms with E-state index in [4.69, 9.17) is 9.47 Å². The Hall–Kier alpha value is 0.130. The van der Waals surface area contributed by atoms with Crippen LogP contribution in [0.4, 0.5) is 0 Å². The number of ether oxygens (including phenoxy) is 2. The average Bonchev–Trinajstić information content (AvgIpc) is 2.57. The molecule has 1 aliphatic heterocycles. The van der Waals surface area contributed by atoms with E-state index >= 15 is 0 Å². The zero-order chi connectivity index (χ0) is 14.2. The smallest absolute Gasteiger partial charge is 0.348 e. The van der Waals surface area contributed by atoms with Gasteiger partial charge in [-0.05, 0) is 62.5 Å². The second-order valence-electron chi connectivity index (χ2n) is 5.90. The molecule has 1 saturated carbocycles. The van der Waals surface area contributed by atoms with Gasteiger partial charge in [-0.15, -0.1) is 0 Å². The number of hydrogen-bond acceptors (Lipinski definition) is 3. The lowest BCUT2D eigenvalue weighted by molar-refractivity contribution is -0.179. The molecule has 0 N–H and O–H groups in total. The Kier molecular flexibility index (Phi) is 5.12. The minimum absolute atomic E-state index is 0.160. The molecule has 0 bridgehead atoms. The fraction of sp³-hybridized carbons (Fsp3) is 0.786. The lowest BCUT2D eigenvalue weighted by atomic mass is 9.75. The first-order chi connectivity index (χ1) is 8.90. The molecule has 0 aromatic rings. The molecule has 1 heterocycles. The zero-order valence-corrected chi connectivity index (χ0v) is 14.7. The molecule has 19 heavy (non-hydrogen) atoms. The van der Waals surface area contributed by atoms with Gasteiger partial charge in [0.1, 0.15) is 4.48 Å². The molecule has 4 atom stereocenters. The fourth-order valence-electron chi connectivity index (χ4n) is 2.92. The molecule has 5 heteroatoms. The molecular weight excluding hydrogens is 376 g/mol. The van der Waals surface area contributed by atoms with E-state index in [1.54, 1.807) is 0 Å². The molecule has 0 radical (unpaired) electrons. The molecule has 0 spiro atoms. The van der Waals surface area contributed by atoms with E-state index in [-0.39, 0.29) is 12.1 Å². The van der Waals surface area contributed by atoms with Gasteiger partial charge < -0.3 is 9.47 Å². The first-order valence-electron chi connectivity index (χ1n) is 6.81. The fourth-order valence-corrected chi connectivity index (χ4v) is 3.56. The normalized spacial score (nSPS) is 36.0. The summed E-state index contributed by atoms with van der Waals surface area (Å²) in [7, 11) is 0. The van der Waals surface area contributed by atoms with Crippen LogP contribution in [0.1, 0.15) is 40.0 Å². The predicted molar refractivity (Wildman–Crippen MR) is 81.0 cm³/mol. The minimum atomic E-state index is -0.585. The van der Waals surface area contributed by atoms with Crippen LogP contribution in [0.5, 0.6) is 0 Å². The van der Waals surface area contributed by atoms with Crippen molar-refractivity contribution >= 4 is 37.8 Å². The number of carbonyl (C=O) groups excluding carboxylic acids is 1. The largest absolute Gasteiger partial charge is 0.427 e. The standard InChI is InChI=1S/C14H20Br2O3/c1-7(2)9-5-4-8(3)6-10(9)18-14-12(16)11(15)13(17)19-14/h7-10,14H,4-6H2,1-3H3. The van der Waals surface area contributed by atoms with Gasteiger partial charge in [-0.1, -0.05) is 27.2 Å². The van der Waals surface area contributed by atoms with Crippen LogP contribution in [-0.2, 0) is 14.3 Å². The molecular formula is C14H20Br2O3. The Morgan fingerprint density at radius 3 is 2.53 bits per heavy atom. The predicted octanol–water partition coefficient (Wildman–Crippen LogP) is 4.35. The lowest BCUT2D eigenvalue weighted by Crippen LogP contribution is -2.37. The first-order valence-corrected chi connectivity index (χ1v) is 8.40. The summed E-state index contributed by atoms with van der Waals surface area (Å²) in [6, 6.07) is 0. The van der Waals surface area contributed by atoms with Gasteiger partial charge in [-0.2, -0.15) is 0 Å². The molecule has 0 aromatic heterocycles. The summed E-state index contributed by atoms with van der Waals surface area (Å²) in [4.78, 5) is 11.5. The highest BCUT2D eigenvalue weighted by atomic mass is 79.9. The number of rotatable bonds is 3. The minimum Gasteiger partial charge on any atom is -0.427 e.